The van der Waals surface area contributed by atoms with Crippen LogP contribution in [0.2, 0.25) is 0 Å². The number of carbonyl (C=O) groups is 2. The van der Waals surface area contributed by atoms with Crippen LogP contribution in [-0.4, -0.2) is 76.4 Å². The van der Waals surface area contributed by atoms with Crippen molar-refractivity contribution in [3.8, 4) is 11.5 Å². The van der Waals surface area contributed by atoms with E-state index in [-0.39, 0.29) is 48.4 Å². The van der Waals surface area contributed by atoms with Crippen LogP contribution in [0.1, 0.15) is 63.5 Å². The summed E-state index contributed by atoms with van der Waals surface area (Å²) in [5.41, 5.74) is 1.81. The van der Waals surface area contributed by atoms with Crippen LogP contribution < -0.4 is 20.9 Å². The first kappa shape index (κ1) is 42.8. The number of phenolic OH excluding ortho intramolecular Hbond substituents is 1. The van der Waals surface area contributed by atoms with Gasteiger partial charge in [-0.3, -0.25) is 14.5 Å². The number of H-pyrrole nitrogens is 1. The molecule has 0 saturated carbocycles. The Kier molecular flexibility index (Phi) is 14.2. The number of nitrogens with zero attached hydrogens (tertiary/aromatic N) is 1. The van der Waals surface area contributed by atoms with Gasteiger partial charge in [0.15, 0.2) is 0 Å². The van der Waals surface area contributed by atoms with Gasteiger partial charge in [0, 0.05) is 42.2 Å². The second-order valence-corrected chi connectivity index (χ2v) is 15.5. The number of hydrogen-bond acceptors (Lipinski definition) is 10. The molecule has 0 radical (unpaired) electrons. The Morgan fingerprint density at radius 1 is 0.820 bits per heavy atom. The molecule has 1 aromatic heterocycles. The number of aromatic nitrogens is 1. The molecule has 0 bridgehead atoms. The average Bonchev–Trinajstić information content (AvgIpc) is 3.30. The van der Waals surface area contributed by atoms with Crippen molar-refractivity contribution in [1.82, 2.24) is 20.5 Å². The number of pyridine rings is 1. The second-order valence-electron chi connectivity index (χ2n) is 15.5. The van der Waals surface area contributed by atoms with Crippen molar-refractivity contribution in [3.05, 3.63) is 177 Å². The molecule has 0 aliphatic carbocycles. The zero-order valence-electron chi connectivity index (χ0n) is 34.0. The number of aliphatic hydroxyl groups is 2. The summed E-state index contributed by atoms with van der Waals surface area (Å²) in [6.45, 7) is 4.36. The van der Waals surface area contributed by atoms with E-state index in [1.54, 1.807) is 72.8 Å². The number of aromatic amines is 1. The molecule has 1 amide bonds. The zero-order valence-corrected chi connectivity index (χ0v) is 34.0. The smallest absolute Gasteiger partial charge is 0.347 e. The van der Waals surface area contributed by atoms with Gasteiger partial charge in [-0.1, -0.05) is 91.0 Å². The minimum absolute atomic E-state index is 0.0658. The molecule has 5 aromatic carbocycles. The van der Waals surface area contributed by atoms with E-state index >= 15 is 0 Å². The van der Waals surface area contributed by atoms with Crippen molar-refractivity contribution in [1.29, 1.82) is 0 Å². The van der Waals surface area contributed by atoms with E-state index in [0.717, 1.165) is 38.0 Å². The Balaban J connectivity index is 0.869. The van der Waals surface area contributed by atoms with Crippen LogP contribution in [0.5, 0.6) is 11.5 Å². The quantitative estimate of drug-likeness (QED) is 0.0450. The van der Waals surface area contributed by atoms with Gasteiger partial charge < -0.3 is 40.4 Å². The van der Waals surface area contributed by atoms with Crippen molar-refractivity contribution >= 4 is 22.8 Å². The van der Waals surface area contributed by atoms with Crippen LogP contribution in [0, 0.1) is 5.92 Å². The van der Waals surface area contributed by atoms with Gasteiger partial charge in [0.1, 0.15) is 18.1 Å². The molecule has 61 heavy (non-hydrogen) atoms. The molecule has 1 fully saturated rings. The van der Waals surface area contributed by atoms with Crippen LogP contribution in [0.4, 0.5) is 0 Å². The summed E-state index contributed by atoms with van der Waals surface area (Å²) >= 11 is 0. The van der Waals surface area contributed by atoms with E-state index in [4.69, 9.17) is 9.47 Å². The first-order valence-corrected chi connectivity index (χ1v) is 20.7. The van der Waals surface area contributed by atoms with Crippen LogP contribution in [-0.2, 0) is 28.3 Å². The zero-order chi connectivity index (χ0) is 42.6. The molecule has 7 rings (SSSR count). The van der Waals surface area contributed by atoms with E-state index in [0.29, 0.717) is 52.9 Å². The largest absolute Gasteiger partial charge is 0.506 e. The Hall–Kier alpha value is -6.31. The summed E-state index contributed by atoms with van der Waals surface area (Å²) in [5.74, 6) is -0.351. The molecular weight excluding hydrogens is 773 g/mol. The molecule has 12 nitrogen and oxygen atoms in total. The van der Waals surface area contributed by atoms with Gasteiger partial charge in [-0.15, -0.1) is 0 Å². The number of ether oxygens (including phenoxy) is 2. The highest BCUT2D eigenvalue weighted by Crippen LogP contribution is 2.34. The maximum absolute atomic E-state index is 13.8. The maximum Gasteiger partial charge on any atom is 0.347 e. The predicted molar refractivity (Wildman–Crippen MR) is 233 cm³/mol. The lowest BCUT2D eigenvalue weighted by molar-refractivity contribution is -0.164. The van der Waals surface area contributed by atoms with Crippen LogP contribution >= 0.6 is 0 Å². The number of carbonyl (C=O) groups excluding carboxylic acids is 2. The molecule has 316 valence electrons. The van der Waals surface area contributed by atoms with Gasteiger partial charge in [0.05, 0.1) is 18.2 Å². The second kappa shape index (κ2) is 20.3. The fourth-order valence-corrected chi connectivity index (χ4v) is 7.68. The lowest BCUT2D eigenvalue weighted by atomic mass is 9.86. The van der Waals surface area contributed by atoms with E-state index in [2.05, 4.69) is 44.8 Å². The summed E-state index contributed by atoms with van der Waals surface area (Å²) in [5, 5.41) is 39.7. The summed E-state index contributed by atoms with van der Waals surface area (Å²) in [4.78, 5) is 43.4. The van der Waals surface area contributed by atoms with Gasteiger partial charge in [-0.2, -0.15) is 0 Å². The van der Waals surface area contributed by atoms with Crippen LogP contribution in [0.15, 0.2) is 138 Å². The van der Waals surface area contributed by atoms with Crippen molar-refractivity contribution in [2.24, 2.45) is 5.92 Å². The Bertz CT molecular complexity index is 2440. The number of esters is 1. The van der Waals surface area contributed by atoms with Crippen LogP contribution in [0.25, 0.3) is 10.9 Å². The normalized spacial score (nSPS) is 14.9. The minimum Gasteiger partial charge on any atom is -0.506 e. The number of amides is 1. The number of benzene rings is 5. The number of aromatic hydroxyl groups is 1. The molecule has 1 saturated heterocycles. The van der Waals surface area contributed by atoms with E-state index in [9.17, 15) is 29.7 Å². The number of nitrogens with one attached hydrogen (secondary N) is 3. The third kappa shape index (κ3) is 10.9. The standard InChI is InChI=1S/C49H52N4O8/c54-43-21-19-41(42-20-22-45(56)52-46(42)43)44(55)30-50-25-8-26-51-47(57)37-17-15-35(16-18-37)32-60-40-14-7-13-39(29-40)49(59,38-11-5-2-6-12-38)48(58)61-33-36-23-27-53(28-24-36)31-34-9-3-1-4-10-34/h1-7,9-22,29,36,44,50,54-55,59H,8,23-28,30-33H2,(H,51,57)(H,52,56)/t44-,49+/m0/s1. The Morgan fingerprint density at radius 3 is 2.30 bits per heavy atom. The van der Waals surface area contributed by atoms with Crippen molar-refractivity contribution in [2.45, 2.75) is 44.1 Å². The summed E-state index contributed by atoms with van der Waals surface area (Å²) in [7, 11) is 0. The molecule has 1 aliphatic rings. The summed E-state index contributed by atoms with van der Waals surface area (Å²) in [6, 6.07) is 39.1. The molecule has 2 heterocycles. The first-order valence-electron chi connectivity index (χ1n) is 20.7. The molecule has 12 heteroatoms. The number of piperidine rings is 1. The summed E-state index contributed by atoms with van der Waals surface area (Å²) in [6.07, 6.45) is 1.56. The van der Waals surface area contributed by atoms with Crippen molar-refractivity contribution < 1.29 is 34.4 Å². The average molecular weight is 825 g/mol. The highest BCUT2D eigenvalue weighted by molar-refractivity contribution is 5.94. The molecule has 6 aromatic rings. The molecule has 1 aliphatic heterocycles. The van der Waals surface area contributed by atoms with E-state index in [1.165, 1.54) is 17.7 Å². The number of hydrogen-bond donors (Lipinski definition) is 6. The molecule has 0 spiro atoms. The number of phenols is 1. The number of aliphatic hydroxyl groups excluding tert-OH is 1. The summed E-state index contributed by atoms with van der Waals surface area (Å²) < 4.78 is 12.0. The fourth-order valence-electron chi connectivity index (χ4n) is 7.68. The van der Waals surface area contributed by atoms with Gasteiger partial charge in [0.2, 0.25) is 11.2 Å². The van der Waals surface area contributed by atoms with Gasteiger partial charge in [-0.05, 0) is 103 Å². The topological polar surface area (TPSA) is 173 Å². The molecular formula is C49H52N4O8. The molecule has 6 N–H and O–H groups in total. The van der Waals surface area contributed by atoms with Crippen molar-refractivity contribution in [2.75, 3.05) is 39.3 Å². The third-order valence-corrected chi connectivity index (χ3v) is 11.2. The number of fused-ring (bicyclic) bond motifs is 1. The van der Waals surface area contributed by atoms with Gasteiger partial charge in [0.25, 0.3) is 5.91 Å². The Labute approximate surface area is 354 Å². The van der Waals surface area contributed by atoms with Gasteiger partial charge >= 0.3 is 5.97 Å². The SMILES string of the molecule is O=C(NCCCNC[C@H](O)c1ccc(O)c2[nH]c(=O)ccc12)c1ccc(COc2cccc([C@@](O)(C(=O)OCC3CCN(Cc4ccccc4)CC3)c3ccccc3)c2)cc1. The monoisotopic (exact) mass is 824 g/mol. The highest BCUT2D eigenvalue weighted by Gasteiger charge is 2.42. The Morgan fingerprint density at radius 2 is 1.54 bits per heavy atom. The third-order valence-electron chi connectivity index (χ3n) is 11.2. The number of rotatable bonds is 18. The van der Waals surface area contributed by atoms with Crippen molar-refractivity contribution in [3.63, 3.8) is 0 Å². The highest BCUT2D eigenvalue weighted by atomic mass is 16.5. The number of likely N-dealkylation sites (tertiary alicyclic amines) is 1. The maximum atomic E-state index is 13.8. The van der Waals surface area contributed by atoms with E-state index in [1.807, 2.05) is 24.3 Å². The van der Waals surface area contributed by atoms with Gasteiger partial charge in [-0.25, -0.2) is 4.79 Å². The minimum atomic E-state index is -2.05. The lowest BCUT2D eigenvalue weighted by Gasteiger charge is -2.33. The molecule has 0 unspecified atom stereocenters. The first-order chi connectivity index (χ1) is 29.7. The van der Waals surface area contributed by atoms with Crippen LogP contribution in [0.3, 0.4) is 0 Å². The molecule has 2 atom stereocenters. The predicted octanol–water partition coefficient (Wildman–Crippen LogP) is 5.95. The lowest BCUT2D eigenvalue weighted by Crippen LogP contribution is -2.40. The van der Waals surface area contributed by atoms with E-state index < -0.39 is 17.7 Å². The fraction of sp³-hybridized carbons (Fsp3) is 0.286.